The highest BCUT2D eigenvalue weighted by Gasteiger charge is 2.17. The Morgan fingerprint density at radius 1 is 1.20 bits per heavy atom. The number of anilines is 1. The highest BCUT2D eigenvalue weighted by Crippen LogP contribution is 2.28. The molecule has 0 aliphatic carbocycles. The van der Waals surface area contributed by atoms with E-state index >= 15 is 0 Å². The lowest BCUT2D eigenvalue weighted by atomic mass is 10.1. The van der Waals surface area contributed by atoms with Gasteiger partial charge in [-0.05, 0) is 30.2 Å². The lowest BCUT2D eigenvalue weighted by Gasteiger charge is -2.25. The second kappa shape index (κ2) is 5.55. The summed E-state index contributed by atoms with van der Waals surface area (Å²) in [5.74, 6) is 0.997. The van der Waals surface area contributed by atoms with E-state index in [1.807, 2.05) is 12.1 Å². The third-order valence-electron chi connectivity index (χ3n) is 3.75. The Hall–Kier alpha value is -2.00. The first-order valence-corrected chi connectivity index (χ1v) is 7.03. The third-order valence-corrected chi connectivity index (χ3v) is 3.75. The average Bonchev–Trinajstić information content (AvgIpc) is 2.69. The summed E-state index contributed by atoms with van der Waals surface area (Å²) in [7, 11) is 0. The molecule has 3 heteroatoms. The number of aryl methyl sites for hydroxylation is 1. The number of fused-ring (bicyclic) bond motifs is 1. The van der Waals surface area contributed by atoms with E-state index < -0.39 is 0 Å². The molecule has 0 saturated heterocycles. The van der Waals surface area contributed by atoms with Gasteiger partial charge in [0.2, 0.25) is 0 Å². The van der Waals surface area contributed by atoms with E-state index in [1.165, 1.54) is 22.4 Å². The Morgan fingerprint density at radius 2 is 2.05 bits per heavy atom. The molecule has 0 aromatic heterocycles. The maximum absolute atomic E-state index is 5.88. The standard InChI is InChI=1S/C17H20N2O/c1-13-6-7-14(11-18)16(10-13)19-8-9-20-17-5-3-2-4-15(17)12-19/h2-7,10H,8-9,11-12,18H2,1H3. The molecular formula is C17H20N2O. The first kappa shape index (κ1) is 13.0. The van der Waals surface area contributed by atoms with Gasteiger partial charge < -0.3 is 15.4 Å². The van der Waals surface area contributed by atoms with E-state index in [0.717, 1.165) is 18.8 Å². The maximum Gasteiger partial charge on any atom is 0.124 e. The molecule has 2 aromatic carbocycles. The van der Waals surface area contributed by atoms with Crippen LogP contribution in [0, 0.1) is 6.92 Å². The summed E-state index contributed by atoms with van der Waals surface area (Å²) in [6.07, 6.45) is 0. The van der Waals surface area contributed by atoms with Gasteiger partial charge in [0.1, 0.15) is 12.4 Å². The zero-order chi connectivity index (χ0) is 13.9. The molecule has 0 spiro atoms. The fraction of sp³-hybridized carbons (Fsp3) is 0.294. The van der Waals surface area contributed by atoms with Crippen LogP contribution >= 0.6 is 0 Å². The number of benzene rings is 2. The Balaban J connectivity index is 1.97. The average molecular weight is 268 g/mol. The quantitative estimate of drug-likeness (QED) is 0.910. The molecule has 0 amide bonds. The van der Waals surface area contributed by atoms with Gasteiger partial charge in [0, 0.05) is 24.3 Å². The molecule has 0 fully saturated rings. The number of hydrogen-bond donors (Lipinski definition) is 1. The molecule has 2 aromatic rings. The lowest BCUT2D eigenvalue weighted by Crippen LogP contribution is -2.26. The predicted molar refractivity (Wildman–Crippen MR) is 82.1 cm³/mol. The van der Waals surface area contributed by atoms with Gasteiger partial charge in [-0.25, -0.2) is 0 Å². The van der Waals surface area contributed by atoms with Crippen molar-refractivity contribution >= 4 is 5.69 Å². The largest absolute Gasteiger partial charge is 0.491 e. The number of nitrogens with two attached hydrogens (primary N) is 1. The number of hydrogen-bond acceptors (Lipinski definition) is 3. The number of ether oxygens (including phenoxy) is 1. The molecule has 0 saturated carbocycles. The molecule has 1 heterocycles. The van der Waals surface area contributed by atoms with Gasteiger partial charge in [-0.1, -0.05) is 30.3 Å². The molecule has 0 unspecified atom stereocenters. The van der Waals surface area contributed by atoms with Crippen LogP contribution in [0.25, 0.3) is 0 Å². The van der Waals surface area contributed by atoms with Crippen LogP contribution in [0.5, 0.6) is 5.75 Å². The second-order valence-corrected chi connectivity index (χ2v) is 5.21. The van der Waals surface area contributed by atoms with Crippen LogP contribution in [0.4, 0.5) is 5.69 Å². The minimum atomic E-state index is 0.564. The van der Waals surface area contributed by atoms with E-state index in [0.29, 0.717) is 13.2 Å². The van der Waals surface area contributed by atoms with E-state index in [4.69, 9.17) is 10.5 Å². The first-order chi connectivity index (χ1) is 9.78. The highest BCUT2D eigenvalue weighted by molar-refractivity contribution is 5.56. The van der Waals surface area contributed by atoms with Crippen molar-refractivity contribution in [2.24, 2.45) is 5.73 Å². The summed E-state index contributed by atoms with van der Waals surface area (Å²) in [5.41, 5.74) is 10.8. The van der Waals surface area contributed by atoms with E-state index in [-0.39, 0.29) is 0 Å². The van der Waals surface area contributed by atoms with E-state index in [9.17, 15) is 0 Å². The third kappa shape index (κ3) is 2.49. The van der Waals surface area contributed by atoms with Gasteiger partial charge in [0.15, 0.2) is 0 Å². The van der Waals surface area contributed by atoms with Gasteiger partial charge in [-0.3, -0.25) is 0 Å². The van der Waals surface area contributed by atoms with Gasteiger partial charge in [0.25, 0.3) is 0 Å². The molecule has 1 aliphatic heterocycles. The van der Waals surface area contributed by atoms with Crippen molar-refractivity contribution in [1.82, 2.24) is 0 Å². The molecular weight excluding hydrogens is 248 g/mol. The topological polar surface area (TPSA) is 38.5 Å². The van der Waals surface area contributed by atoms with Crippen LogP contribution in [0.2, 0.25) is 0 Å². The van der Waals surface area contributed by atoms with Crippen molar-refractivity contribution in [3.8, 4) is 5.75 Å². The summed E-state index contributed by atoms with van der Waals surface area (Å²) in [4.78, 5) is 2.36. The molecule has 0 bridgehead atoms. The van der Waals surface area contributed by atoms with Crippen molar-refractivity contribution in [2.45, 2.75) is 20.0 Å². The normalized spacial score (nSPS) is 14.4. The van der Waals surface area contributed by atoms with Gasteiger partial charge >= 0.3 is 0 Å². The summed E-state index contributed by atoms with van der Waals surface area (Å²) >= 11 is 0. The Bertz CT molecular complexity index is 610. The minimum Gasteiger partial charge on any atom is -0.491 e. The Morgan fingerprint density at radius 3 is 2.90 bits per heavy atom. The number of nitrogens with zero attached hydrogens (tertiary/aromatic N) is 1. The fourth-order valence-electron chi connectivity index (χ4n) is 2.67. The van der Waals surface area contributed by atoms with E-state index in [1.54, 1.807) is 0 Å². The molecule has 2 N–H and O–H groups in total. The first-order valence-electron chi connectivity index (χ1n) is 7.03. The summed E-state index contributed by atoms with van der Waals surface area (Å²) < 4.78 is 5.83. The highest BCUT2D eigenvalue weighted by atomic mass is 16.5. The zero-order valence-corrected chi connectivity index (χ0v) is 11.8. The van der Waals surface area contributed by atoms with Gasteiger partial charge in [0.05, 0.1) is 6.54 Å². The Labute approximate surface area is 120 Å². The van der Waals surface area contributed by atoms with Crippen LogP contribution in [0.15, 0.2) is 42.5 Å². The lowest BCUT2D eigenvalue weighted by molar-refractivity contribution is 0.331. The number of para-hydroxylation sites is 1. The summed E-state index contributed by atoms with van der Waals surface area (Å²) in [5, 5.41) is 0. The van der Waals surface area contributed by atoms with Crippen LogP contribution in [-0.2, 0) is 13.1 Å². The summed E-state index contributed by atoms with van der Waals surface area (Å²) in [6, 6.07) is 14.7. The molecule has 20 heavy (non-hydrogen) atoms. The molecule has 3 rings (SSSR count). The van der Waals surface area contributed by atoms with Crippen molar-refractivity contribution in [3.63, 3.8) is 0 Å². The van der Waals surface area contributed by atoms with Crippen molar-refractivity contribution in [1.29, 1.82) is 0 Å². The van der Waals surface area contributed by atoms with Gasteiger partial charge in [-0.15, -0.1) is 0 Å². The molecule has 1 aliphatic rings. The minimum absolute atomic E-state index is 0.564. The van der Waals surface area contributed by atoms with E-state index in [2.05, 4.69) is 42.2 Å². The molecule has 104 valence electrons. The Kier molecular flexibility index (Phi) is 3.61. The second-order valence-electron chi connectivity index (χ2n) is 5.21. The van der Waals surface area contributed by atoms with Crippen molar-refractivity contribution in [3.05, 3.63) is 59.2 Å². The van der Waals surface area contributed by atoms with Crippen LogP contribution in [-0.4, -0.2) is 13.2 Å². The smallest absolute Gasteiger partial charge is 0.124 e. The van der Waals surface area contributed by atoms with Crippen LogP contribution in [0.1, 0.15) is 16.7 Å². The fourth-order valence-corrected chi connectivity index (χ4v) is 2.67. The molecule has 3 nitrogen and oxygen atoms in total. The zero-order valence-electron chi connectivity index (χ0n) is 11.8. The molecule has 0 atom stereocenters. The predicted octanol–water partition coefficient (Wildman–Crippen LogP) is 2.85. The SMILES string of the molecule is Cc1ccc(CN)c(N2CCOc3ccccc3C2)c1. The van der Waals surface area contributed by atoms with Crippen molar-refractivity contribution in [2.75, 3.05) is 18.1 Å². The van der Waals surface area contributed by atoms with Crippen LogP contribution in [0.3, 0.4) is 0 Å². The maximum atomic E-state index is 5.88. The molecule has 0 radical (unpaired) electrons. The monoisotopic (exact) mass is 268 g/mol. The van der Waals surface area contributed by atoms with Gasteiger partial charge in [-0.2, -0.15) is 0 Å². The summed E-state index contributed by atoms with van der Waals surface area (Å²) in [6.45, 7) is 5.13. The van der Waals surface area contributed by atoms with Crippen molar-refractivity contribution < 1.29 is 4.74 Å². The van der Waals surface area contributed by atoms with Crippen LogP contribution < -0.4 is 15.4 Å². The number of rotatable bonds is 2.